The predicted octanol–water partition coefficient (Wildman–Crippen LogP) is 4.73. The lowest BCUT2D eigenvalue weighted by Crippen LogP contribution is -2.08. The van der Waals surface area contributed by atoms with Crippen LogP contribution in [0.15, 0.2) is 18.2 Å². The highest BCUT2D eigenvalue weighted by molar-refractivity contribution is 5.90. The fraction of sp³-hybridized carbons (Fsp3) is 0.588. The Labute approximate surface area is 123 Å². The molecular weight excluding hydrogens is 248 g/mol. The molecule has 0 spiro atoms. The molecule has 3 nitrogen and oxygen atoms in total. The van der Waals surface area contributed by atoms with Crippen molar-refractivity contribution < 1.29 is 4.79 Å². The highest BCUT2D eigenvalue weighted by Crippen LogP contribution is 2.20. The molecule has 0 fully saturated rings. The number of rotatable bonds is 9. The van der Waals surface area contributed by atoms with Gasteiger partial charge in [-0.25, -0.2) is 0 Å². The average molecular weight is 276 g/mol. The van der Waals surface area contributed by atoms with Gasteiger partial charge in [0.2, 0.25) is 5.91 Å². The second kappa shape index (κ2) is 9.40. The van der Waals surface area contributed by atoms with Crippen molar-refractivity contribution >= 4 is 17.3 Å². The Morgan fingerprint density at radius 3 is 2.50 bits per heavy atom. The van der Waals surface area contributed by atoms with Crippen LogP contribution in [-0.2, 0) is 4.79 Å². The number of unbranched alkanes of at least 4 members (excludes halogenated alkanes) is 5. The summed E-state index contributed by atoms with van der Waals surface area (Å²) in [6.07, 6.45) is 7.83. The second-order valence-electron chi connectivity index (χ2n) is 5.41. The molecule has 0 aliphatic rings. The number of carbonyl (C=O) groups excluding carboxylic acids is 1. The maximum absolute atomic E-state index is 11.1. The van der Waals surface area contributed by atoms with Gasteiger partial charge in [0.1, 0.15) is 0 Å². The summed E-state index contributed by atoms with van der Waals surface area (Å²) in [5, 5.41) is 6.28. The maximum atomic E-state index is 11.1. The van der Waals surface area contributed by atoms with E-state index in [9.17, 15) is 4.79 Å². The monoisotopic (exact) mass is 276 g/mol. The van der Waals surface area contributed by atoms with Crippen molar-refractivity contribution in [3.05, 3.63) is 23.8 Å². The number of benzene rings is 1. The van der Waals surface area contributed by atoms with Gasteiger partial charge in [-0.05, 0) is 31.0 Å². The van der Waals surface area contributed by atoms with Crippen LogP contribution >= 0.6 is 0 Å². The normalized spacial score (nSPS) is 10.3. The quantitative estimate of drug-likeness (QED) is 0.640. The van der Waals surface area contributed by atoms with Gasteiger partial charge in [-0.2, -0.15) is 0 Å². The molecule has 112 valence electrons. The minimum absolute atomic E-state index is 0.0267. The van der Waals surface area contributed by atoms with E-state index in [-0.39, 0.29) is 5.91 Å². The molecule has 0 atom stereocenters. The van der Waals surface area contributed by atoms with Crippen LogP contribution in [0.4, 0.5) is 11.4 Å². The summed E-state index contributed by atoms with van der Waals surface area (Å²) in [6.45, 7) is 6.78. The third-order valence-electron chi connectivity index (χ3n) is 3.41. The summed E-state index contributed by atoms with van der Waals surface area (Å²) in [5.74, 6) is -0.0267. The zero-order chi connectivity index (χ0) is 14.8. The van der Waals surface area contributed by atoms with Crippen molar-refractivity contribution in [3.63, 3.8) is 0 Å². The van der Waals surface area contributed by atoms with Crippen LogP contribution in [0.2, 0.25) is 0 Å². The van der Waals surface area contributed by atoms with E-state index in [4.69, 9.17) is 0 Å². The number of aryl methyl sites for hydroxylation is 1. The Bertz CT molecular complexity index is 415. The van der Waals surface area contributed by atoms with Gasteiger partial charge < -0.3 is 10.6 Å². The minimum atomic E-state index is -0.0267. The molecule has 0 aliphatic heterocycles. The molecule has 0 unspecified atom stereocenters. The van der Waals surface area contributed by atoms with E-state index in [2.05, 4.69) is 23.6 Å². The van der Waals surface area contributed by atoms with Gasteiger partial charge in [0, 0.05) is 24.8 Å². The molecule has 0 radical (unpaired) electrons. The number of hydrogen-bond acceptors (Lipinski definition) is 2. The van der Waals surface area contributed by atoms with Crippen molar-refractivity contribution in [2.24, 2.45) is 0 Å². The van der Waals surface area contributed by atoms with Gasteiger partial charge in [0.25, 0.3) is 0 Å². The van der Waals surface area contributed by atoms with Gasteiger partial charge in [0.05, 0.1) is 0 Å². The van der Waals surface area contributed by atoms with E-state index in [1.807, 2.05) is 19.1 Å². The van der Waals surface area contributed by atoms with Crippen molar-refractivity contribution in [2.45, 2.75) is 59.3 Å². The smallest absolute Gasteiger partial charge is 0.221 e. The fourth-order valence-electron chi connectivity index (χ4n) is 2.19. The van der Waals surface area contributed by atoms with Crippen LogP contribution < -0.4 is 10.6 Å². The summed E-state index contributed by atoms with van der Waals surface area (Å²) in [4.78, 5) is 11.1. The van der Waals surface area contributed by atoms with Crippen molar-refractivity contribution in [1.82, 2.24) is 0 Å². The summed E-state index contributed by atoms with van der Waals surface area (Å²) >= 11 is 0. The van der Waals surface area contributed by atoms with Gasteiger partial charge in [-0.3, -0.25) is 4.79 Å². The van der Waals surface area contributed by atoms with Crippen LogP contribution in [0.3, 0.4) is 0 Å². The lowest BCUT2D eigenvalue weighted by atomic mass is 10.1. The summed E-state index contributed by atoms with van der Waals surface area (Å²) in [6, 6.07) is 6.11. The highest BCUT2D eigenvalue weighted by Gasteiger charge is 2.01. The van der Waals surface area contributed by atoms with E-state index in [0.29, 0.717) is 0 Å². The van der Waals surface area contributed by atoms with E-state index < -0.39 is 0 Å². The topological polar surface area (TPSA) is 41.1 Å². The molecule has 0 heterocycles. The Morgan fingerprint density at radius 1 is 1.10 bits per heavy atom. The van der Waals surface area contributed by atoms with Gasteiger partial charge in [0.15, 0.2) is 0 Å². The Morgan fingerprint density at radius 2 is 1.80 bits per heavy atom. The first kappa shape index (κ1) is 16.5. The van der Waals surface area contributed by atoms with Crippen LogP contribution in [0.25, 0.3) is 0 Å². The Kier molecular flexibility index (Phi) is 7.78. The second-order valence-corrected chi connectivity index (χ2v) is 5.41. The van der Waals surface area contributed by atoms with E-state index >= 15 is 0 Å². The number of amides is 1. The standard InChI is InChI=1S/C17H28N2O/c1-4-5-6-7-8-9-12-18-16-11-10-14(2)17(13-16)19-15(3)20/h10-11,13,18H,4-9,12H2,1-3H3,(H,19,20). The van der Waals surface area contributed by atoms with Gasteiger partial charge >= 0.3 is 0 Å². The van der Waals surface area contributed by atoms with Crippen molar-refractivity contribution in [1.29, 1.82) is 0 Å². The SMILES string of the molecule is CCCCCCCCNc1ccc(C)c(NC(C)=O)c1. The van der Waals surface area contributed by atoms with Crippen LogP contribution in [0.5, 0.6) is 0 Å². The van der Waals surface area contributed by atoms with Crippen LogP contribution in [-0.4, -0.2) is 12.5 Å². The first-order valence-corrected chi connectivity index (χ1v) is 7.75. The Balaban J connectivity index is 2.31. The molecule has 0 aromatic heterocycles. The van der Waals surface area contributed by atoms with Crippen LogP contribution in [0.1, 0.15) is 57.9 Å². The molecule has 1 aromatic carbocycles. The molecule has 0 aliphatic carbocycles. The number of anilines is 2. The fourth-order valence-corrected chi connectivity index (χ4v) is 2.19. The molecule has 0 bridgehead atoms. The predicted molar refractivity (Wildman–Crippen MR) is 87.3 cm³/mol. The molecular formula is C17H28N2O. The number of carbonyl (C=O) groups is 1. The average Bonchev–Trinajstić information content (AvgIpc) is 2.40. The molecule has 1 amide bonds. The zero-order valence-corrected chi connectivity index (χ0v) is 13.1. The van der Waals surface area contributed by atoms with E-state index in [1.165, 1.54) is 45.4 Å². The molecule has 1 rings (SSSR count). The maximum Gasteiger partial charge on any atom is 0.221 e. The Hall–Kier alpha value is -1.51. The molecule has 20 heavy (non-hydrogen) atoms. The van der Waals surface area contributed by atoms with E-state index in [0.717, 1.165) is 23.5 Å². The first-order chi connectivity index (χ1) is 9.63. The number of nitrogens with one attached hydrogen (secondary N) is 2. The molecule has 1 aromatic rings. The van der Waals surface area contributed by atoms with Crippen molar-refractivity contribution in [3.8, 4) is 0 Å². The first-order valence-electron chi connectivity index (χ1n) is 7.75. The molecule has 3 heteroatoms. The van der Waals surface area contributed by atoms with Crippen LogP contribution in [0, 0.1) is 6.92 Å². The summed E-state index contributed by atoms with van der Waals surface area (Å²) < 4.78 is 0. The third-order valence-corrected chi connectivity index (χ3v) is 3.41. The third kappa shape index (κ3) is 6.60. The lowest BCUT2D eigenvalue weighted by molar-refractivity contribution is -0.114. The minimum Gasteiger partial charge on any atom is -0.385 e. The van der Waals surface area contributed by atoms with Gasteiger partial charge in [-0.1, -0.05) is 45.1 Å². The lowest BCUT2D eigenvalue weighted by Gasteiger charge is -2.11. The largest absolute Gasteiger partial charge is 0.385 e. The van der Waals surface area contributed by atoms with Crippen molar-refractivity contribution in [2.75, 3.05) is 17.2 Å². The number of hydrogen-bond donors (Lipinski definition) is 2. The summed E-state index contributed by atoms with van der Waals surface area (Å²) in [7, 11) is 0. The molecule has 2 N–H and O–H groups in total. The molecule has 0 saturated carbocycles. The summed E-state index contributed by atoms with van der Waals surface area (Å²) in [5.41, 5.74) is 3.06. The molecule has 0 saturated heterocycles. The zero-order valence-electron chi connectivity index (χ0n) is 13.1. The van der Waals surface area contributed by atoms with Gasteiger partial charge in [-0.15, -0.1) is 0 Å². The van der Waals surface area contributed by atoms with E-state index in [1.54, 1.807) is 0 Å². The highest BCUT2D eigenvalue weighted by atomic mass is 16.1.